The van der Waals surface area contributed by atoms with Gasteiger partial charge in [0.25, 0.3) is 0 Å². The van der Waals surface area contributed by atoms with Crippen LogP contribution in [0.1, 0.15) is 11.1 Å². The summed E-state index contributed by atoms with van der Waals surface area (Å²) in [5, 5.41) is 8.93. The van der Waals surface area contributed by atoms with E-state index in [9.17, 15) is 13.2 Å². The molecule has 2 rings (SSSR count). The van der Waals surface area contributed by atoms with Crippen molar-refractivity contribution >= 4 is 12.2 Å². The summed E-state index contributed by atoms with van der Waals surface area (Å²) in [6, 6.07) is 7.03. The predicted octanol–water partition coefficient (Wildman–Crippen LogP) is 4.32. The van der Waals surface area contributed by atoms with Crippen LogP contribution in [0.25, 0.3) is 11.3 Å². The lowest BCUT2D eigenvalue weighted by molar-refractivity contribution is -0.137. The van der Waals surface area contributed by atoms with Gasteiger partial charge in [0.15, 0.2) is 0 Å². The number of benzene rings is 1. The van der Waals surface area contributed by atoms with Gasteiger partial charge in [0.1, 0.15) is 22.2 Å². The van der Waals surface area contributed by atoms with Gasteiger partial charge >= 0.3 is 6.18 Å². The first kappa shape index (κ1) is 16.8. The number of rotatable bonds is 3. The number of hydrogen-bond acceptors (Lipinski definition) is 4. The molecule has 1 N–H and O–H groups in total. The van der Waals surface area contributed by atoms with Gasteiger partial charge in [0, 0.05) is 5.56 Å². The second kappa shape index (κ2) is 6.30. The second-order valence-electron chi connectivity index (χ2n) is 4.48. The minimum absolute atomic E-state index is 0.0806. The predicted molar refractivity (Wildman–Crippen MR) is 79.9 cm³/mol. The second-order valence-corrected chi connectivity index (χ2v) is 4.88. The maximum absolute atomic E-state index is 13.2. The van der Waals surface area contributed by atoms with Gasteiger partial charge in [-0.25, -0.2) is 0 Å². The van der Waals surface area contributed by atoms with Crippen LogP contribution in [0.15, 0.2) is 24.3 Å². The average molecular weight is 340 g/mol. The third-order valence-electron chi connectivity index (χ3n) is 3.15. The Labute approximate surface area is 135 Å². The lowest BCUT2D eigenvalue weighted by atomic mass is 10.0. The van der Waals surface area contributed by atoms with E-state index in [1.807, 2.05) is 0 Å². The number of methoxy groups -OCH3 is 2. The Morgan fingerprint density at radius 3 is 2.39 bits per heavy atom. The SMILES string of the molecule is COc1ccc(OC)c(-c2cc(C(F)(F)F)c(C#N)c(=S)[nH]2)c1. The Balaban J connectivity index is 2.78. The molecule has 0 saturated heterocycles. The van der Waals surface area contributed by atoms with Gasteiger partial charge in [0.05, 0.1) is 31.0 Å². The van der Waals surface area contributed by atoms with E-state index in [0.29, 0.717) is 17.1 Å². The van der Waals surface area contributed by atoms with Crippen molar-refractivity contribution in [2.45, 2.75) is 6.18 Å². The first-order chi connectivity index (χ1) is 10.8. The molecule has 1 aromatic heterocycles. The van der Waals surface area contributed by atoms with Crippen LogP contribution in [0.3, 0.4) is 0 Å². The van der Waals surface area contributed by atoms with E-state index in [-0.39, 0.29) is 10.3 Å². The molecule has 0 unspecified atom stereocenters. The van der Waals surface area contributed by atoms with Crippen molar-refractivity contribution in [3.05, 3.63) is 40.0 Å². The number of alkyl halides is 3. The van der Waals surface area contributed by atoms with E-state index >= 15 is 0 Å². The maximum Gasteiger partial charge on any atom is 0.417 e. The number of aromatic nitrogens is 1. The van der Waals surface area contributed by atoms with Gasteiger partial charge < -0.3 is 14.5 Å². The summed E-state index contributed by atoms with van der Waals surface area (Å²) in [7, 11) is 2.84. The Morgan fingerprint density at radius 1 is 1.17 bits per heavy atom. The molecule has 4 nitrogen and oxygen atoms in total. The average Bonchev–Trinajstić information content (AvgIpc) is 2.52. The molecule has 0 aliphatic heterocycles. The van der Waals surface area contributed by atoms with Crippen molar-refractivity contribution in [3.8, 4) is 28.8 Å². The molecule has 0 saturated carbocycles. The first-order valence-corrected chi connectivity index (χ1v) is 6.69. The third-order valence-corrected chi connectivity index (χ3v) is 3.45. The highest BCUT2D eigenvalue weighted by molar-refractivity contribution is 7.71. The van der Waals surface area contributed by atoms with E-state index in [4.69, 9.17) is 27.0 Å². The first-order valence-electron chi connectivity index (χ1n) is 6.28. The van der Waals surface area contributed by atoms with Crippen molar-refractivity contribution in [2.75, 3.05) is 14.2 Å². The molecule has 1 aromatic carbocycles. The molecule has 0 aliphatic carbocycles. The number of aromatic amines is 1. The number of nitrogens with zero attached hydrogens (tertiary/aromatic N) is 1. The number of nitriles is 1. The van der Waals surface area contributed by atoms with Crippen LogP contribution in [-0.2, 0) is 6.18 Å². The zero-order valence-electron chi connectivity index (χ0n) is 12.1. The lowest BCUT2D eigenvalue weighted by Crippen LogP contribution is -2.10. The van der Waals surface area contributed by atoms with Crippen LogP contribution >= 0.6 is 12.2 Å². The van der Waals surface area contributed by atoms with Crippen LogP contribution in [0.2, 0.25) is 0 Å². The van der Waals surface area contributed by atoms with Crippen molar-refractivity contribution in [3.63, 3.8) is 0 Å². The molecular weight excluding hydrogens is 329 g/mol. The highest BCUT2D eigenvalue weighted by Crippen LogP contribution is 2.37. The quantitative estimate of drug-likeness (QED) is 0.846. The number of ether oxygens (including phenoxy) is 2. The molecule has 0 bridgehead atoms. The summed E-state index contributed by atoms with van der Waals surface area (Å²) in [5.41, 5.74) is -1.29. The molecule has 0 radical (unpaired) electrons. The monoisotopic (exact) mass is 340 g/mol. The third kappa shape index (κ3) is 3.29. The van der Waals surface area contributed by atoms with Gasteiger partial charge in [-0.15, -0.1) is 0 Å². The van der Waals surface area contributed by atoms with Crippen molar-refractivity contribution in [1.82, 2.24) is 4.98 Å². The number of halogens is 3. The van der Waals surface area contributed by atoms with Gasteiger partial charge in [-0.1, -0.05) is 12.2 Å². The maximum atomic E-state index is 13.2. The molecule has 120 valence electrons. The fourth-order valence-corrected chi connectivity index (χ4v) is 2.33. The molecule has 0 spiro atoms. The fourth-order valence-electron chi connectivity index (χ4n) is 2.06. The number of pyridine rings is 1. The fraction of sp³-hybridized carbons (Fsp3) is 0.200. The van der Waals surface area contributed by atoms with Crippen molar-refractivity contribution < 1.29 is 22.6 Å². The minimum atomic E-state index is -4.70. The van der Waals surface area contributed by atoms with E-state index < -0.39 is 17.3 Å². The number of H-pyrrole nitrogens is 1. The summed E-state index contributed by atoms with van der Waals surface area (Å²) < 4.78 is 49.5. The lowest BCUT2D eigenvalue weighted by Gasteiger charge is -2.14. The summed E-state index contributed by atoms with van der Waals surface area (Å²) in [5.74, 6) is 0.785. The molecule has 0 fully saturated rings. The largest absolute Gasteiger partial charge is 0.497 e. The van der Waals surface area contributed by atoms with Crippen molar-refractivity contribution in [1.29, 1.82) is 5.26 Å². The molecule has 1 heterocycles. The summed E-state index contributed by atoms with van der Waals surface area (Å²) in [4.78, 5) is 2.64. The van der Waals surface area contributed by atoms with Crippen LogP contribution in [0.4, 0.5) is 13.2 Å². The van der Waals surface area contributed by atoms with Crippen molar-refractivity contribution in [2.24, 2.45) is 0 Å². The summed E-state index contributed by atoms with van der Waals surface area (Å²) in [6.45, 7) is 0. The van der Waals surface area contributed by atoms with Crippen LogP contribution in [0.5, 0.6) is 11.5 Å². The summed E-state index contributed by atoms with van der Waals surface area (Å²) >= 11 is 4.89. The zero-order valence-corrected chi connectivity index (χ0v) is 12.9. The van der Waals surface area contributed by atoms with Gasteiger partial charge in [-0.3, -0.25) is 0 Å². The summed E-state index contributed by atoms with van der Waals surface area (Å²) in [6.07, 6.45) is -4.70. The Hall–Kier alpha value is -2.53. The Bertz CT molecular complexity index is 838. The van der Waals surface area contributed by atoms with Crippen LogP contribution in [-0.4, -0.2) is 19.2 Å². The Kier molecular flexibility index (Phi) is 4.61. The Morgan fingerprint density at radius 2 is 1.87 bits per heavy atom. The van der Waals surface area contributed by atoms with Gasteiger partial charge in [0.2, 0.25) is 0 Å². The van der Waals surface area contributed by atoms with Gasteiger partial charge in [-0.05, 0) is 24.3 Å². The normalized spacial score (nSPS) is 11.0. The molecule has 0 atom stereocenters. The number of hydrogen-bond donors (Lipinski definition) is 1. The van der Waals surface area contributed by atoms with Gasteiger partial charge in [-0.2, -0.15) is 18.4 Å². The molecule has 23 heavy (non-hydrogen) atoms. The van der Waals surface area contributed by atoms with E-state index in [1.165, 1.54) is 26.4 Å². The zero-order chi connectivity index (χ0) is 17.2. The van der Waals surface area contributed by atoms with Crippen LogP contribution < -0.4 is 9.47 Å². The van der Waals surface area contributed by atoms with Crippen LogP contribution in [0, 0.1) is 16.0 Å². The molecule has 2 aromatic rings. The van der Waals surface area contributed by atoms with E-state index in [2.05, 4.69) is 4.98 Å². The number of nitrogens with one attached hydrogen (secondary N) is 1. The van der Waals surface area contributed by atoms with E-state index in [0.717, 1.165) is 6.07 Å². The molecule has 8 heteroatoms. The smallest absolute Gasteiger partial charge is 0.417 e. The molecule has 0 aliphatic rings. The van der Waals surface area contributed by atoms with E-state index in [1.54, 1.807) is 12.1 Å². The highest BCUT2D eigenvalue weighted by atomic mass is 32.1. The standard InChI is InChI=1S/C15H11F3N2O2S/c1-21-8-3-4-13(22-2)9(5-8)12-6-11(15(16,17)18)10(7-19)14(23)20-12/h3-6H,1-2H3,(H,20,23). The minimum Gasteiger partial charge on any atom is -0.497 e. The highest BCUT2D eigenvalue weighted by Gasteiger charge is 2.35. The topological polar surface area (TPSA) is 58.0 Å². The molecule has 0 amide bonds. The molecular formula is C15H11F3N2O2S.